The van der Waals surface area contributed by atoms with Gasteiger partial charge in [0.1, 0.15) is 11.6 Å². The van der Waals surface area contributed by atoms with E-state index in [0.717, 1.165) is 12.8 Å². The Balaban J connectivity index is 2.01. The number of carbonyl (C=O) groups is 1. The molecule has 0 atom stereocenters. The van der Waals surface area contributed by atoms with E-state index in [2.05, 4.69) is 5.32 Å². The molecule has 0 aromatic heterocycles. The summed E-state index contributed by atoms with van der Waals surface area (Å²) in [5, 5.41) is 2.78. The van der Waals surface area contributed by atoms with Crippen molar-refractivity contribution in [1.29, 1.82) is 0 Å². The van der Waals surface area contributed by atoms with Crippen LogP contribution in [0, 0.1) is 11.7 Å². The lowest BCUT2D eigenvalue weighted by atomic mass is 10.2. The van der Waals surface area contributed by atoms with Gasteiger partial charge in [-0.05, 0) is 31.0 Å². The van der Waals surface area contributed by atoms with Gasteiger partial charge in [0, 0.05) is 18.0 Å². The number of benzene rings is 1. The maximum atomic E-state index is 13.0. The Kier molecular flexibility index (Phi) is 3.08. The fourth-order valence-electron chi connectivity index (χ4n) is 1.56. The lowest BCUT2D eigenvalue weighted by Gasteiger charge is -2.09. The van der Waals surface area contributed by atoms with Crippen molar-refractivity contribution in [2.75, 3.05) is 7.11 Å². The molecule has 1 aromatic rings. The zero-order chi connectivity index (χ0) is 11.5. The largest absolute Gasteiger partial charge is 0.496 e. The Morgan fingerprint density at radius 1 is 1.56 bits per heavy atom. The zero-order valence-electron chi connectivity index (χ0n) is 9.13. The second-order valence-electron chi connectivity index (χ2n) is 3.95. The van der Waals surface area contributed by atoms with E-state index in [9.17, 15) is 9.18 Å². The van der Waals surface area contributed by atoms with E-state index in [1.807, 2.05) is 0 Å². The number of carbonyl (C=O) groups excluding carboxylic acids is 1. The molecule has 4 heteroatoms. The summed E-state index contributed by atoms with van der Waals surface area (Å²) < 4.78 is 18.1. The number of hydrogen-bond acceptors (Lipinski definition) is 2. The number of hydrogen-bond donors (Lipinski definition) is 1. The highest BCUT2D eigenvalue weighted by molar-refractivity contribution is 5.80. The molecule has 0 spiro atoms. The van der Waals surface area contributed by atoms with Gasteiger partial charge in [0.05, 0.1) is 7.11 Å². The topological polar surface area (TPSA) is 38.3 Å². The summed E-state index contributed by atoms with van der Waals surface area (Å²) in [6.45, 7) is 0.316. The smallest absolute Gasteiger partial charge is 0.223 e. The average molecular weight is 223 g/mol. The van der Waals surface area contributed by atoms with Gasteiger partial charge in [-0.25, -0.2) is 4.39 Å². The van der Waals surface area contributed by atoms with Gasteiger partial charge in [0.25, 0.3) is 0 Å². The van der Waals surface area contributed by atoms with Crippen LogP contribution >= 0.6 is 0 Å². The minimum Gasteiger partial charge on any atom is -0.496 e. The monoisotopic (exact) mass is 223 g/mol. The molecule has 1 aliphatic carbocycles. The molecule has 0 aliphatic heterocycles. The zero-order valence-corrected chi connectivity index (χ0v) is 9.13. The summed E-state index contributed by atoms with van der Waals surface area (Å²) >= 11 is 0. The van der Waals surface area contributed by atoms with Gasteiger partial charge in [-0.15, -0.1) is 0 Å². The number of methoxy groups -OCH3 is 1. The summed E-state index contributed by atoms with van der Waals surface area (Å²) in [6, 6.07) is 4.28. The minimum atomic E-state index is -0.323. The van der Waals surface area contributed by atoms with Crippen molar-refractivity contribution in [2.24, 2.45) is 5.92 Å². The van der Waals surface area contributed by atoms with Gasteiger partial charge in [-0.3, -0.25) is 4.79 Å². The van der Waals surface area contributed by atoms with Crippen molar-refractivity contribution >= 4 is 5.91 Å². The molecule has 86 valence electrons. The number of ether oxygens (including phenoxy) is 1. The van der Waals surface area contributed by atoms with E-state index in [-0.39, 0.29) is 17.6 Å². The van der Waals surface area contributed by atoms with Gasteiger partial charge in [0.2, 0.25) is 5.91 Å². The Bertz CT molecular complexity index is 402. The Morgan fingerprint density at radius 2 is 2.31 bits per heavy atom. The van der Waals surface area contributed by atoms with E-state index in [4.69, 9.17) is 4.74 Å². The highest BCUT2D eigenvalue weighted by atomic mass is 19.1. The van der Waals surface area contributed by atoms with E-state index in [1.54, 1.807) is 6.07 Å². The molecule has 1 aromatic carbocycles. The molecule has 1 saturated carbocycles. The first-order valence-corrected chi connectivity index (χ1v) is 5.31. The third-order valence-corrected chi connectivity index (χ3v) is 2.64. The summed E-state index contributed by atoms with van der Waals surface area (Å²) in [4.78, 5) is 11.4. The van der Waals surface area contributed by atoms with Crippen LogP contribution in [0.4, 0.5) is 4.39 Å². The summed E-state index contributed by atoms with van der Waals surface area (Å²) in [6.07, 6.45) is 1.93. The summed E-state index contributed by atoms with van der Waals surface area (Å²) in [5.41, 5.74) is 0.663. The molecule has 1 fully saturated rings. The third kappa shape index (κ3) is 2.51. The van der Waals surface area contributed by atoms with Crippen LogP contribution in [0.15, 0.2) is 18.2 Å². The number of halogens is 1. The maximum Gasteiger partial charge on any atom is 0.223 e. The Hall–Kier alpha value is -1.58. The van der Waals surface area contributed by atoms with Crippen molar-refractivity contribution in [2.45, 2.75) is 19.4 Å². The molecule has 2 rings (SSSR count). The first-order valence-electron chi connectivity index (χ1n) is 5.31. The fraction of sp³-hybridized carbons (Fsp3) is 0.417. The summed E-state index contributed by atoms with van der Waals surface area (Å²) in [7, 11) is 1.53. The predicted octanol–water partition coefficient (Wildman–Crippen LogP) is 1.86. The lowest BCUT2D eigenvalue weighted by molar-refractivity contribution is -0.122. The number of nitrogens with one attached hydrogen (secondary N) is 1. The van der Waals surface area contributed by atoms with Crippen LogP contribution in [-0.4, -0.2) is 13.0 Å². The van der Waals surface area contributed by atoms with E-state index in [0.29, 0.717) is 17.9 Å². The third-order valence-electron chi connectivity index (χ3n) is 2.64. The van der Waals surface area contributed by atoms with Crippen LogP contribution in [0.2, 0.25) is 0 Å². The van der Waals surface area contributed by atoms with Crippen LogP contribution in [0.1, 0.15) is 18.4 Å². The first kappa shape index (κ1) is 10.9. The molecule has 1 N–H and O–H groups in total. The van der Waals surface area contributed by atoms with Crippen LogP contribution in [-0.2, 0) is 11.3 Å². The van der Waals surface area contributed by atoms with Crippen molar-refractivity contribution in [1.82, 2.24) is 5.32 Å². The maximum absolute atomic E-state index is 13.0. The highest BCUT2D eigenvalue weighted by Crippen LogP contribution is 2.29. The van der Waals surface area contributed by atoms with Crippen molar-refractivity contribution in [3.05, 3.63) is 29.6 Å². The molecule has 3 nitrogen and oxygen atoms in total. The molecular formula is C12H14FNO2. The van der Waals surface area contributed by atoms with Crippen LogP contribution < -0.4 is 10.1 Å². The molecular weight excluding hydrogens is 209 g/mol. The molecule has 0 unspecified atom stereocenters. The standard InChI is InChI=1S/C12H14FNO2/c1-16-11-5-4-10(13)6-9(11)7-14-12(15)8-2-3-8/h4-6,8H,2-3,7H2,1H3,(H,14,15). The van der Waals surface area contributed by atoms with Gasteiger partial charge in [-0.2, -0.15) is 0 Å². The fourth-order valence-corrected chi connectivity index (χ4v) is 1.56. The molecule has 0 heterocycles. The molecule has 0 radical (unpaired) electrons. The first-order chi connectivity index (χ1) is 7.70. The van der Waals surface area contributed by atoms with E-state index < -0.39 is 0 Å². The van der Waals surface area contributed by atoms with Gasteiger partial charge in [-0.1, -0.05) is 0 Å². The highest BCUT2D eigenvalue weighted by Gasteiger charge is 2.29. The van der Waals surface area contributed by atoms with Gasteiger partial charge in [0.15, 0.2) is 0 Å². The Labute approximate surface area is 93.6 Å². The van der Waals surface area contributed by atoms with Gasteiger partial charge < -0.3 is 10.1 Å². The summed E-state index contributed by atoms with van der Waals surface area (Å²) in [5.74, 6) is 0.486. The van der Waals surface area contributed by atoms with Crippen molar-refractivity contribution < 1.29 is 13.9 Å². The van der Waals surface area contributed by atoms with E-state index >= 15 is 0 Å². The van der Waals surface area contributed by atoms with Gasteiger partial charge >= 0.3 is 0 Å². The van der Waals surface area contributed by atoms with Crippen LogP contribution in [0.5, 0.6) is 5.75 Å². The normalized spacial score (nSPS) is 14.6. The van der Waals surface area contributed by atoms with Crippen LogP contribution in [0.3, 0.4) is 0 Å². The predicted molar refractivity (Wildman–Crippen MR) is 57.5 cm³/mol. The van der Waals surface area contributed by atoms with E-state index in [1.165, 1.54) is 19.2 Å². The minimum absolute atomic E-state index is 0.0475. The molecule has 16 heavy (non-hydrogen) atoms. The SMILES string of the molecule is COc1ccc(F)cc1CNC(=O)C1CC1. The molecule has 1 amide bonds. The number of amides is 1. The second kappa shape index (κ2) is 4.51. The van der Waals surface area contributed by atoms with Crippen LogP contribution in [0.25, 0.3) is 0 Å². The van der Waals surface area contributed by atoms with Crippen molar-refractivity contribution in [3.63, 3.8) is 0 Å². The molecule has 0 saturated heterocycles. The molecule has 1 aliphatic rings. The molecule has 0 bridgehead atoms. The average Bonchev–Trinajstić information content (AvgIpc) is 3.10. The second-order valence-corrected chi connectivity index (χ2v) is 3.95. The van der Waals surface area contributed by atoms with Crippen molar-refractivity contribution in [3.8, 4) is 5.75 Å². The quantitative estimate of drug-likeness (QED) is 0.846. The Morgan fingerprint density at radius 3 is 2.94 bits per heavy atom. The number of rotatable bonds is 4. The lowest BCUT2D eigenvalue weighted by Crippen LogP contribution is -2.24.